The third-order valence-electron chi connectivity index (χ3n) is 6.54. The Morgan fingerprint density at radius 1 is 1.04 bits per heavy atom. The van der Waals surface area contributed by atoms with Crippen molar-refractivity contribution in [2.24, 2.45) is 11.3 Å². The fourth-order valence-electron chi connectivity index (χ4n) is 4.83. The highest BCUT2D eigenvalue weighted by Gasteiger charge is 2.43. The molecule has 3 fully saturated rings. The van der Waals surface area contributed by atoms with Gasteiger partial charge in [0.05, 0.1) is 12.0 Å². The largest absolute Gasteiger partial charge is 0.384 e. The molecule has 2 aliphatic heterocycles. The van der Waals surface area contributed by atoms with Crippen LogP contribution < -0.4 is 5.32 Å². The van der Waals surface area contributed by atoms with Crippen LogP contribution in [-0.4, -0.2) is 74.7 Å². The summed E-state index contributed by atoms with van der Waals surface area (Å²) in [5.41, 5.74) is -0.289. The lowest BCUT2D eigenvalue weighted by Gasteiger charge is -2.45. The first-order valence-electron chi connectivity index (χ1n) is 9.88. The standard InChI is InChI=1S/C19H35N3O2.2ClH/c1-16-3-5-17(6-4-16)21-11-13-22(14-12-21)18(23)19(15-24-2)7-9-20-10-8-19;;/h16-17,20H,3-15H2,1-2H3;2*1H. The van der Waals surface area contributed by atoms with Crippen LogP contribution in [0.25, 0.3) is 0 Å². The first kappa shape index (κ1) is 24.0. The van der Waals surface area contributed by atoms with E-state index < -0.39 is 0 Å². The zero-order chi connectivity index (χ0) is 17.0. The number of piperazine rings is 1. The molecule has 3 rings (SSSR count). The lowest BCUT2D eigenvalue weighted by Crippen LogP contribution is -2.58. The number of hydrogen-bond acceptors (Lipinski definition) is 4. The summed E-state index contributed by atoms with van der Waals surface area (Å²) in [6.45, 7) is 8.67. The van der Waals surface area contributed by atoms with E-state index in [1.165, 1.54) is 25.7 Å². The average molecular weight is 410 g/mol. The van der Waals surface area contributed by atoms with Crippen molar-refractivity contribution in [3.8, 4) is 0 Å². The molecule has 0 aromatic rings. The van der Waals surface area contributed by atoms with E-state index in [9.17, 15) is 4.79 Å². The lowest BCUT2D eigenvalue weighted by atomic mass is 9.78. The second-order valence-corrected chi connectivity index (χ2v) is 8.21. The number of rotatable bonds is 4. The van der Waals surface area contributed by atoms with Gasteiger partial charge in [0.1, 0.15) is 0 Å². The molecule has 2 saturated heterocycles. The molecule has 0 radical (unpaired) electrons. The van der Waals surface area contributed by atoms with Crippen LogP contribution in [-0.2, 0) is 9.53 Å². The molecule has 7 heteroatoms. The van der Waals surface area contributed by atoms with Gasteiger partial charge in [-0.3, -0.25) is 9.69 Å². The zero-order valence-electron chi connectivity index (χ0n) is 16.4. The minimum Gasteiger partial charge on any atom is -0.384 e. The van der Waals surface area contributed by atoms with Gasteiger partial charge < -0.3 is 15.0 Å². The SMILES string of the molecule is COCC1(C(=O)N2CCN(C3CCC(C)CC3)CC2)CCNCC1.Cl.Cl. The van der Waals surface area contributed by atoms with E-state index in [-0.39, 0.29) is 30.2 Å². The Morgan fingerprint density at radius 2 is 1.62 bits per heavy atom. The monoisotopic (exact) mass is 409 g/mol. The van der Waals surface area contributed by atoms with Crippen molar-refractivity contribution in [2.75, 3.05) is 53.0 Å². The third kappa shape index (κ3) is 5.48. The number of piperidine rings is 1. The summed E-state index contributed by atoms with van der Waals surface area (Å²) >= 11 is 0. The molecular weight excluding hydrogens is 373 g/mol. The van der Waals surface area contributed by atoms with Gasteiger partial charge in [0.2, 0.25) is 5.91 Å². The topological polar surface area (TPSA) is 44.8 Å². The smallest absolute Gasteiger partial charge is 0.231 e. The minimum absolute atomic E-state index is 0. The number of ether oxygens (including phenoxy) is 1. The average Bonchev–Trinajstić information content (AvgIpc) is 2.63. The van der Waals surface area contributed by atoms with Crippen LogP contribution in [0.15, 0.2) is 0 Å². The molecule has 5 nitrogen and oxygen atoms in total. The highest BCUT2D eigenvalue weighted by molar-refractivity contribution is 5.85. The minimum atomic E-state index is -0.289. The number of nitrogens with zero attached hydrogens (tertiary/aromatic N) is 2. The molecular formula is C19H37Cl2N3O2. The van der Waals surface area contributed by atoms with Gasteiger partial charge >= 0.3 is 0 Å². The Hall–Kier alpha value is -0.0700. The fraction of sp³-hybridized carbons (Fsp3) is 0.947. The molecule has 1 saturated carbocycles. The summed E-state index contributed by atoms with van der Waals surface area (Å²) in [7, 11) is 1.72. The molecule has 2 heterocycles. The number of halogens is 2. The highest BCUT2D eigenvalue weighted by atomic mass is 35.5. The summed E-state index contributed by atoms with van der Waals surface area (Å²) in [4.78, 5) is 17.9. The van der Waals surface area contributed by atoms with Gasteiger partial charge in [-0.05, 0) is 57.5 Å². The Balaban J connectivity index is 0.00000169. The predicted octanol–water partition coefficient (Wildman–Crippen LogP) is 2.57. The zero-order valence-corrected chi connectivity index (χ0v) is 18.0. The fourth-order valence-corrected chi connectivity index (χ4v) is 4.83. The Kier molecular flexibility index (Phi) is 10.2. The molecule has 0 bridgehead atoms. The molecule has 0 aromatic heterocycles. The number of methoxy groups -OCH3 is 1. The third-order valence-corrected chi connectivity index (χ3v) is 6.54. The second kappa shape index (κ2) is 11.1. The predicted molar refractivity (Wildman–Crippen MR) is 110 cm³/mol. The molecule has 1 aliphatic carbocycles. The summed E-state index contributed by atoms with van der Waals surface area (Å²) < 4.78 is 5.44. The second-order valence-electron chi connectivity index (χ2n) is 8.21. The maximum atomic E-state index is 13.2. The molecule has 0 spiro atoms. The van der Waals surface area contributed by atoms with Crippen LogP contribution in [0.2, 0.25) is 0 Å². The number of carbonyl (C=O) groups is 1. The molecule has 0 atom stereocenters. The summed E-state index contributed by atoms with van der Waals surface area (Å²) in [5, 5.41) is 3.37. The molecule has 154 valence electrons. The Morgan fingerprint density at radius 3 is 2.15 bits per heavy atom. The van der Waals surface area contributed by atoms with Gasteiger partial charge in [0.25, 0.3) is 0 Å². The highest BCUT2D eigenvalue weighted by Crippen LogP contribution is 2.33. The summed E-state index contributed by atoms with van der Waals surface area (Å²) in [6.07, 6.45) is 7.23. The van der Waals surface area contributed by atoms with E-state index in [2.05, 4.69) is 22.0 Å². The number of nitrogens with one attached hydrogen (secondary N) is 1. The van der Waals surface area contributed by atoms with Crippen molar-refractivity contribution in [2.45, 2.75) is 51.5 Å². The van der Waals surface area contributed by atoms with Crippen LogP contribution >= 0.6 is 24.8 Å². The van der Waals surface area contributed by atoms with E-state index in [4.69, 9.17) is 4.74 Å². The van der Waals surface area contributed by atoms with Crippen molar-refractivity contribution in [1.82, 2.24) is 15.1 Å². The molecule has 1 amide bonds. The quantitative estimate of drug-likeness (QED) is 0.774. The van der Waals surface area contributed by atoms with Crippen LogP contribution in [0, 0.1) is 11.3 Å². The first-order chi connectivity index (χ1) is 11.6. The van der Waals surface area contributed by atoms with Gasteiger partial charge in [0, 0.05) is 39.3 Å². The van der Waals surface area contributed by atoms with Gasteiger partial charge in [-0.1, -0.05) is 6.92 Å². The maximum absolute atomic E-state index is 13.2. The van der Waals surface area contributed by atoms with E-state index >= 15 is 0 Å². The van der Waals surface area contributed by atoms with Gasteiger partial charge in [-0.25, -0.2) is 0 Å². The molecule has 0 unspecified atom stereocenters. The summed E-state index contributed by atoms with van der Waals surface area (Å²) in [5.74, 6) is 1.24. The van der Waals surface area contributed by atoms with Crippen molar-refractivity contribution in [1.29, 1.82) is 0 Å². The van der Waals surface area contributed by atoms with Crippen LogP contribution in [0.3, 0.4) is 0 Å². The Bertz CT molecular complexity index is 411. The van der Waals surface area contributed by atoms with Crippen molar-refractivity contribution in [3.05, 3.63) is 0 Å². The number of amides is 1. The van der Waals surface area contributed by atoms with E-state index in [0.29, 0.717) is 12.5 Å². The normalized spacial score (nSPS) is 29.4. The lowest BCUT2D eigenvalue weighted by molar-refractivity contribution is -0.149. The van der Waals surface area contributed by atoms with Crippen molar-refractivity contribution >= 4 is 30.7 Å². The number of hydrogen-bond donors (Lipinski definition) is 1. The van der Waals surface area contributed by atoms with E-state index in [0.717, 1.165) is 64.1 Å². The molecule has 1 N–H and O–H groups in total. The number of carbonyl (C=O) groups excluding carboxylic acids is 1. The van der Waals surface area contributed by atoms with Crippen LogP contribution in [0.4, 0.5) is 0 Å². The van der Waals surface area contributed by atoms with Gasteiger partial charge in [-0.2, -0.15) is 0 Å². The maximum Gasteiger partial charge on any atom is 0.231 e. The van der Waals surface area contributed by atoms with Crippen LogP contribution in [0.1, 0.15) is 45.4 Å². The van der Waals surface area contributed by atoms with Crippen LogP contribution in [0.5, 0.6) is 0 Å². The summed E-state index contributed by atoms with van der Waals surface area (Å²) in [6, 6.07) is 0.755. The van der Waals surface area contributed by atoms with Gasteiger partial charge in [0.15, 0.2) is 0 Å². The van der Waals surface area contributed by atoms with Crippen molar-refractivity contribution in [3.63, 3.8) is 0 Å². The van der Waals surface area contributed by atoms with E-state index in [1.807, 2.05) is 0 Å². The van der Waals surface area contributed by atoms with Gasteiger partial charge in [-0.15, -0.1) is 24.8 Å². The first-order valence-corrected chi connectivity index (χ1v) is 9.88. The Labute approximate surface area is 171 Å². The van der Waals surface area contributed by atoms with E-state index in [1.54, 1.807) is 7.11 Å². The molecule has 0 aromatic carbocycles. The molecule has 3 aliphatic rings. The van der Waals surface area contributed by atoms with Crippen molar-refractivity contribution < 1.29 is 9.53 Å². The molecule has 26 heavy (non-hydrogen) atoms.